The van der Waals surface area contributed by atoms with Gasteiger partial charge in [-0.25, -0.2) is 4.98 Å². The molecule has 3 rings (SSSR count). The third kappa shape index (κ3) is 3.96. The number of carbonyl (C=O) groups is 2. The number of aryl methyl sites for hydroxylation is 1. The van der Waals surface area contributed by atoms with E-state index >= 15 is 0 Å². The van der Waals surface area contributed by atoms with Crippen LogP contribution in [-0.4, -0.2) is 29.3 Å². The van der Waals surface area contributed by atoms with Crippen LogP contribution in [0.5, 0.6) is 0 Å². The van der Waals surface area contributed by atoms with Crippen molar-refractivity contribution in [3.63, 3.8) is 0 Å². The number of nitrogens with one attached hydrogen (secondary N) is 2. The monoisotopic (exact) mass is 357 g/mol. The number of hydrogen-bond acceptors (Lipinski definition) is 5. The highest BCUT2D eigenvalue weighted by Crippen LogP contribution is 2.28. The highest BCUT2D eigenvalue weighted by Gasteiger charge is 2.32. The largest absolute Gasteiger partial charge is 0.349 e. The molecule has 0 radical (unpaired) electrons. The molecule has 1 amide bonds. The molecule has 1 aliphatic rings. The predicted molar refractivity (Wildman–Crippen MR) is 99.4 cm³/mol. The summed E-state index contributed by atoms with van der Waals surface area (Å²) in [4.78, 5) is 29.6. The van der Waals surface area contributed by atoms with Gasteiger partial charge in [-0.15, -0.1) is 11.3 Å². The zero-order valence-electron chi connectivity index (χ0n) is 14.7. The van der Waals surface area contributed by atoms with Crippen molar-refractivity contribution in [3.8, 4) is 10.4 Å². The molecule has 132 valence electrons. The minimum atomic E-state index is -0.303. The standard InChI is InChI=1S/C19H23N3O2S/c1-11(22-19(24)17-8-16(23)9-20-12(17)2)14-4-6-15(7-5-14)18-13(3)21-10-25-18/h4-7,10-12,17,20H,8-9H2,1-3H3,(H,22,24)/t11-,12-,17+/m0/s1. The third-order valence-electron chi connectivity index (χ3n) is 4.79. The molecule has 0 unspecified atom stereocenters. The first-order valence-electron chi connectivity index (χ1n) is 8.51. The van der Waals surface area contributed by atoms with Crippen LogP contribution in [0.3, 0.4) is 0 Å². The van der Waals surface area contributed by atoms with E-state index in [0.717, 1.165) is 16.8 Å². The van der Waals surface area contributed by atoms with Gasteiger partial charge in [-0.2, -0.15) is 0 Å². The Morgan fingerprint density at radius 2 is 2.08 bits per heavy atom. The molecule has 1 aromatic heterocycles. The Morgan fingerprint density at radius 3 is 2.72 bits per heavy atom. The summed E-state index contributed by atoms with van der Waals surface area (Å²) in [6, 6.07) is 8.11. The van der Waals surface area contributed by atoms with Gasteiger partial charge in [0.2, 0.25) is 5.91 Å². The lowest BCUT2D eigenvalue weighted by atomic mass is 9.90. The normalized spacial score (nSPS) is 21.8. The molecule has 1 aromatic carbocycles. The summed E-state index contributed by atoms with van der Waals surface area (Å²) >= 11 is 1.63. The number of thiazole rings is 1. The minimum absolute atomic E-state index is 0.0154. The van der Waals surface area contributed by atoms with Gasteiger partial charge >= 0.3 is 0 Å². The van der Waals surface area contributed by atoms with Crippen molar-refractivity contribution < 1.29 is 9.59 Å². The molecule has 25 heavy (non-hydrogen) atoms. The SMILES string of the molecule is Cc1ncsc1-c1ccc([C@H](C)NC(=O)[C@@H]2CC(=O)CN[C@H]2C)cc1. The van der Waals surface area contributed by atoms with E-state index in [0.29, 0.717) is 13.0 Å². The van der Waals surface area contributed by atoms with E-state index in [1.165, 1.54) is 4.88 Å². The molecular weight excluding hydrogens is 334 g/mol. The highest BCUT2D eigenvalue weighted by atomic mass is 32.1. The zero-order chi connectivity index (χ0) is 18.0. The molecule has 0 bridgehead atoms. The van der Waals surface area contributed by atoms with Crippen molar-refractivity contribution in [2.24, 2.45) is 5.92 Å². The number of hydrogen-bond donors (Lipinski definition) is 2. The fourth-order valence-electron chi connectivity index (χ4n) is 3.14. The van der Waals surface area contributed by atoms with Crippen LogP contribution < -0.4 is 10.6 Å². The smallest absolute Gasteiger partial charge is 0.225 e. The van der Waals surface area contributed by atoms with Crippen molar-refractivity contribution in [1.29, 1.82) is 0 Å². The van der Waals surface area contributed by atoms with Crippen molar-refractivity contribution in [1.82, 2.24) is 15.6 Å². The van der Waals surface area contributed by atoms with Gasteiger partial charge in [0, 0.05) is 12.5 Å². The Hall–Kier alpha value is -2.05. The molecule has 2 N–H and O–H groups in total. The van der Waals surface area contributed by atoms with Crippen LogP contribution in [0.2, 0.25) is 0 Å². The number of benzene rings is 1. The quantitative estimate of drug-likeness (QED) is 0.883. The molecule has 2 heterocycles. The molecule has 0 spiro atoms. The Morgan fingerprint density at radius 1 is 1.36 bits per heavy atom. The Kier molecular flexibility index (Phi) is 5.30. The number of carbonyl (C=O) groups excluding carboxylic acids is 2. The second-order valence-corrected chi connectivity index (χ2v) is 7.49. The summed E-state index contributed by atoms with van der Waals surface area (Å²) in [7, 11) is 0. The highest BCUT2D eigenvalue weighted by molar-refractivity contribution is 7.13. The molecule has 1 saturated heterocycles. The Labute approximate surface area is 151 Å². The first-order chi connectivity index (χ1) is 12.0. The van der Waals surface area contributed by atoms with E-state index in [1.807, 2.05) is 38.4 Å². The Bertz CT molecular complexity index is 769. The van der Waals surface area contributed by atoms with Crippen LogP contribution in [-0.2, 0) is 9.59 Å². The van der Waals surface area contributed by atoms with E-state index in [1.54, 1.807) is 11.3 Å². The van der Waals surface area contributed by atoms with E-state index in [-0.39, 0.29) is 29.7 Å². The summed E-state index contributed by atoms with van der Waals surface area (Å²) in [5, 5.41) is 6.13. The molecule has 0 aliphatic carbocycles. The number of piperidine rings is 1. The summed E-state index contributed by atoms with van der Waals surface area (Å²) in [5.74, 6) is -0.277. The summed E-state index contributed by atoms with van der Waals surface area (Å²) in [6.45, 7) is 6.28. The van der Waals surface area contributed by atoms with Gasteiger partial charge in [0.05, 0.1) is 34.6 Å². The maximum Gasteiger partial charge on any atom is 0.225 e. The summed E-state index contributed by atoms with van der Waals surface area (Å²) in [6.07, 6.45) is 0.316. The van der Waals surface area contributed by atoms with Crippen LogP contribution >= 0.6 is 11.3 Å². The molecule has 2 aromatic rings. The fraction of sp³-hybridized carbons (Fsp3) is 0.421. The molecule has 1 aliphatic heterocycles. The first kappa shape index (κ1) is 17.8. The topological polar surface area (TPSA) is 71.1 Å². The van der Waals surface area contributed by atoms with Crippen LogP contribution in [0.1, 0.15) is 37.6 Å². The number of Topliss-reactive ketones (excluding diaryl/α,β-unsaturated/α-hetero) is 1. The van der Waals surface area contributed by atoms with Crippen molar-refractivity contribution >= 4 is 23.0 Å². The molecule has 5 nitrogen and oxygen atoms in total. The van der Waals surface area contributed by atoms with Crippen molar-refractivity contribution in [2.45, 2.75) is 39.3 Å². The van der Waals surface area contributed by atoms with E-state index < -0.39 is 0 Å². The maximum atomic E-state index is 12.5. The fourth-order valence-corrected chi connectivity index (χ4v) is 3.95. The predicted octanol–water partition coefficient (Wildman–Crippen LogP) is 2.86. The minimum Gasteiger partial charge on any atom is -0.349 e. The molecular formula is C19H23N3O2S. The van der Waals surface area contributed by atoms with Crippen LogP contribution in [0, 0.1) is 12.8 Å². The summed E-state index contributed by atoms with van der Waals surface area (Å²) in [5.41, 5.74) is 5.06. The van der Waals surface area contributed by atoms with Crippen molar-refractivity contribution in [3.05, 3.63) is 41.0 Å². The number of ketones is 1. The lowest BCUT2D eigenvalue weighted by molar-refractivity contribution is -0.132. The van der Waals surface area contributed by atoms with Crippen LogP contribution in [0.4, 0.5) is 0 Å². The number of amides is 1. The van der Waals surface area contributed by atoms with Gasteiger partial charge in [-0.05, 0) is 31.9 Å². The third-order valence-corrected chi connectivity index (χ3v) is 5.76. The molecule has 6 heteroatoms. The zero-order valence-corrected chi connectivity index (χ0v) is 15.5. The Balaban J connectivity index is 1.66. The second-order valence-electron chi connectivity index (χ2n) is 6.64. The number of aromatic nitrogens is 1. The first-order valence-corrected chi connectivity index (χ1v) is 9.39. The van der Waals surface area contributed by atoms with E-state index in [4.69, 9.17) is 0 Å². The van der Waals surface area contributed by atoms with Gasteiger partial charge in [0.25, 0.3) is 0 Å². The number of nitrogens with zero attached hydrogens (tertiary/aromatic N) is 1. The van der Waals surface area contributed by atoms with E-state index in [2.05, 4.69) is 27.8 Å². The summed E-state index contributed by atoms with van der Waals surface area (Å²) < 4.78 is 0. The van der Waals surface area contributed by atoms with Gasteiger partial charge < -0.3 is 10.6 Å². The second kappa shape index (κ2) is 7.45. The van der Waals surface area contributed by atoms with E-state index in [9.17, 15) is 9.59 Å². The molecule has 3 atom stereocenters. The van der Waals surface area contributed by atoms with Crippen LogP contribution in [0.15, 0.2) is 29.8 Å². The van der Waals surface area contributed by atoms with Crippen molar-refractivity contribution in [2.75, 3.05) is 6.54 Å². The van der Waals surface area contributed by atoms with Gasteiger partial charge in [-0.3, -0.25) is 9.59 Å². The average molecular weight is 357 g/mol. The lowest BCUT2D eigenvalue weighted by Crippen LogP contribution is -2.50. The van der Waals surface area contributed by atoms with Gasteiger partial charge in [-0.1, -0.05) is 24.3 Å². The van der Waals surface area contributed by atoms with Crippen LogP contribution in [0.25, 0.3) is 10.4 Å². The lowest BCUT2D eigenvalue weighted by Gasteiger charge is -2.29. The van der Waals surface area contributed by atoms with Gasteiger partial charge in [0.1, 0.15) is 5.78 Å². The van der Waals surface area contributed by atoms with Gasteiger partial charge in [0.15, 0.2) is 0 Å². The molecule has 1 fully saturated rings. The molecule has 0 saturated carbocycles. The maximum absolute atomic E-state index is 12.5. The average Bonchev–Trinajstić information content (AvgIpc) is 3.03. The number of rotatable bonds is 4.